The molecule has 1 atom stereocenters. The van der Waals surface area contributed by atoms with E-state index in [9.17, 15) is 0 Å². The first-order valence-electron chi connectivity index (χ1n) is 9.63. The summed E-state index contributed by atoms with van der Waals surface area (Å²) >= 11 is 0. The SMILES string of the molecule is CCNC(=NCCCOCC1CCOC1)NCCc1ccccc1OC. The second-order valence-corrected chi connectivity index (χ2v) is 6.41. The van der Waals surface area contributed by atoms with Crippen molar-refractivity contribution in [3.8, 4) is 5.75 Å². The van der Waals surface area contributed by atoms with Gasteiger partial charge in [-0.1, -0.05) is 18.2 Å². The smallest absolute Gasteiger partial charge is 0.191 e. The summed E-state index contributed by atoms with van der Waals surface area (Å²) in [5, 5.41) is 6.67. The first-order valence-corrected chi connectivity index (χ1v) is 9.63. The van der Waals surface area contributed by atoms with Crippen LogP contribution in [0.1, 0.15) is 25.3 Å². The Morgan fingerprint density at radius 2 is 2.19 bits per heavy atom. The van der Waals surface area contributed by atoms with Crippen molar-refractivity contribution in [2.24, 2.45) is 10.9 Å². The first kappa shape index (κ1) is 20.5. The van der Waals surface area contributed by atoms with Crippen molar-refractivity contribution < 1.29 is 14.2 Å². The molecule has 2 rings (SSSR count). The van der Waals surface area contributed by atoms with Gasteiger partial charge in [0.1, 0.15) is 5.75 Å². The molecule has 146 valence electrons. The molecule has 0 aromatic heterocycles. The molecule has 1 unspecified atom stereocenters. The van der Waals surface area contributed by atoms with E-state index in [1.807, 2.05) is 18.2 Å². The third kappa shape index (κ3) is 7.62. The van der Waals surface area contributed by atoms with Gasteiger partial charge < -0.3 is 24.8 Å². The zero-order valence-electron chi connectivity index (χ0n) is 16.1. The molecule has 0 bridgehead atoms. The number of hydrogen-bond donors (Lipinski definition) is 2. The van der Waals surface area contributed by atoms with Gasteiger partial charge in [-0.05, 0) is 37.8 Å². The lowest BCUT2D eigenvalue weighted by Gasteiger charge is -2.13. The predicted octanol–water partition coefficient (Wildman–Crippen LogP) is 2.24. The summed E-state index contributed by atoms with van der Waals surface area (Å²) in [6.45, 7) is 7.77. The number of nitrogens with one attached hydrogen (secondary N) is 2. The largest absolute Gasteiger partial charge is 0.496 e. The number of guanidine groups is 1. The van der Waals surface area contributed by atoms with Crippen molar-refractivity contribution in [3.05, 3.63) is 29.8 Å². The highest BCUT2D eigenvalue weighted by Gasteiger charge is 2.15. The molecule has 1 saturated heterocycles. The van der Waals surface area contributed by atoms with Crippen molar-refractivity contribution in [3.63, 3.8) is 0 Å². The second kappa shape index (κ2) is 12.5. The maximum atomic E-state index is 5.72. The van der Waals surface area contributed by atoms with E-state index in [-0.39, 0.29) is 0 Å². The Morgan fingerprint density at radius 3 is 2.96 bits per heavy atom. The zero-order valence-corrected chi connectivity index (χ0v) is 16.1. The lowest BCUT2D eigenvalue weighted by Crippen LogP contribution is -2.38. The van der Waals surface area contributed by atoms with Crippen molar-refractivity contribution in [2.45, 2.75) is 26.2 Å². The quantitative estimate of drug-likeness (QED) is 0.359. The van der Waals surface area contributed by atoms with Crippen LogP contribution < -0.4 is 15.4 Å². The molecule has 0 spiro atoms. The first-order chi connectivity index (χ1) is 12.8. The van der Waals surface area contributed by atoms with Crippen molar-refractivity contribution >= 4 is 5.96 Å². The predicted molar refractivity (Wildman–Crippen MR) is 105 cm³/mol. The zero-order chi connectivity index (χ0) is 18.5. The summed E-state index contributed by atoms with van der Waals surface area (Å²) in [5.41, 5.74) is 1.20. The van der Waals surface area contributed by atoms with Crippen LogP contribution in [0.2, 0.25) is 0 Å². The fourth-order valence-electron chi connectivity index (χ4n) is 2.89. The summed E-state index contributed by atoms with van der Waals surface area (Å²) in [6.07, 6.45) is 2.94. The van der Waals surface area contributed by atoms with Gasteiger partial charge in [-0.25, -0.2) is 0 Å². The van der Waals surface area contributed by atoms with Gasteiger partial charge in [0.15, 0.2) is 5.96 Å². The van der Waals surface area contributed by atoms with Gasteiger partial charge in [-0.2, -0.15) is 0 Å². The number of aliphatic imine (C=N–C) groups is 1. The highest BCUT2D eigenvalue weighted by atomic mass is 16.5. The fourth-order valence-corrected chi connectivity index (χ4v) is 2.89. The lowest BCUT2D eigenvalue weighted by atomic mass is 10.1. The fraction of sp³-hybridized carbons (Fsp3) is 0.650. The summed E-state index contributed by atoms with van der Waals surface area (Å²) in [6, 6.07) is 8.11. The van der Waals surface area contributed by atoms with E-state index in [1.54, 1.807) is 7.11 Å². The van der Waals surface area contributed by atoms with Crippen LogP contribution in [-0.2, 0) is 15.9 Å². The average Bonchev–Trinajstić information content (AvgIpc) is 3.18. The number of benzene rings is 1. The molecule has 1 aromatic carbocycles. The van der Waals surface area contributed by atoms with E-state index in [1.165, 1.54) is 5.56 Å². The van der Waals surface area contributed by atoms with Gasteiger partial charge >= 0.3 is 0 Å². The van der Waals surface area contributed by atoms with E-state index in [0.29, 0.717) is 5.92 Å². The molecular formula is C20H33N3O3. The lowest BCUT2D eigenvalue weighted by molar-refractivity contribution is 0.0893. The molecule has 0 aliphatic carbocycles. The number of methoxy groups -OCH3 is 1. The second-order valence-electron chi connectivity index (χ2n) is 6.41. The number of hydrogen-bond acceptors (Lipinski definition) is 4. The molecule has 1 aromatic rings. The van der Waals surface area contributed by atoms with Crippen LogP contribution in [0.5, 0.6) is 5.75 Å². The molecule has 1 aliphatic heterocycles. The molecule has 0 saturated carbocycles. The highest BCUT2D eigenvalue weighted by Crippen LogP contribution is 2.17. The summed E-state index contributed by atoms with van der Waals surface area (Å²) in [5.74, 6) is 2.36. The molecule has 26 heavy (non-hydrogen) atoms. The van der Waals surface area contributed by atoms with Crippen molar-refractivity contribution in [2.75, 3.05) is 53.2 Å². The molecule has 1 fully saturated rings. The highest BCUT2D eigenvalue weighted by molar-refractivity contribution is 5.79. The van der Waals surface area contributed by atoms with E-state index >= 15 is 0 Å². The van der Waals surface area contributed by atoms with Gasteiger partial charge in [-0.15, -0.1) is 0 Å². The van der Waals surface area contributed by atoms with Gasteiger partial charge in [-0.3, -0.25) is 4.99 Å². The third-order valence-electron chi connectivity index (χ3n) is 4.32. The molecule has 0 amide bonds. The minimum absolute atomic E-state index is 0.576. The van der Waals surface area contributed by atoms with Crippen LogP contribution in [0, 0.1) is 5.92 Å². The monoisotopic (exact) mass is 363 g/mol. The molecule has 0 radical (unpaired) electrons. The number of para-hydroxylation sites is 1. The van der Waals surface area contributed by atoms with Gasteiger partial charge in [0.25, 0.3) is 0 Å². The van der Waals surface area contributed by atoms with Crippen LogP contribution >= 0.6 is 0 Å². The number of nitrogens with zero attached hydrogens (tertiary/aromatic N) is 1. The topological polar surface area (TPSA) is 64.1 Å². The van der Waals surface area contributed by atoms with Crippen molar-refractivity contribution in [1.82, 2.24) is 10.6 Å². The molecule has 1 heterocycles. The normalized spacial score (nSPS) is 17.3. The van der Waals surface area contributed by atoms with Gasteiger partial charge in [0.05, 0.1) is 20.3 Å². The third-order valence-corrected chi connectivity index (χ3v) is 4.32. The summed E-state index contributed by atoms with van der Waals surface area (Å²) in [7, 11) is 1.71. The Morgan fingerprint density at radius 1 is 1.31 bits per heavy atom. The van der Waals surface area contributed by atoms with Crippen LogP contribution in [0.25, 0.3) is 0 Å². The van der Waals surface area contributed by atoms with E-state index in [0.717, 1.165) is 77.0 Å². The summed E-state index contributed by atoms with van der Waals surface area (Å²) < 4.78 is 16.5. The Labute approximate surface area is 157 Å². The Balaban J connectivity index is 1.63. The Hall–Kier alpha value is -1.79. The van der Waals surface area contributed by atoms with Gasteiger partial charge in [0, 0.05) is 38.8 Å². The molecule has 6 heteroatoms. The maximum absolute atomic E-state index is 5.72. The Kier molecular flexibility index (Phi) is 9.90. The Bertz CT molecular complexity index is 531. The van der Waals surface area contributed by atoms with Crippen LogP contribution in [0.15, 0.2) is 29.3 Å². The molecule has 6 nitrogen and oxygen atoms in total. The minimum atomic E-state index is 0.576. The molecule has 1 aliphatic rings. The number of ether oxygens (including phenoxy) is 3. The van der Waals surface area contributed by atoms with E-state index in [2.05, 4.69) is 28.6 Å². The molecule has 2 N–H and O–H groups in total. The van der Waals surface area contributed by atoms with Crippen molar-refractivity contribution in [1.29, 1.82) is 0 Å². The average molecular weight is 364 g/mol. The van der Waals surface area contributed by atoms with Crippen LogP contribution in [0.3, 0.4) is 0 Å². The molecular weight excluding hydrogens is 330 g/mol. The standard InChI is InChI=1S/C20H33N3O3/c1-3-21-20(22-11-6-13-25-15-17-10-14-26-16-17)23-12-9-18-7-4-5-8-19(18)24-2/h4-5,7-8,17H,3,6,9-16H2,1-2H3,(H2,21,22,23). The number of rotatable bonds is 11. The van der Waals surface area contributed by atoms with Gasteiger partial charge in [0.2, 0.25) is 0 Å². The maximum Gasteiger partial charge on any atom is 0.191 e. The van der Waals surface area contributed by atoms with E-state index in [4.69, 9.17) is 14.2 Å². The summed E-state index contributed by atoms with van der Waals surface area (Å²) in [4.78, 5) is 4.62. The van der Waals surface area contributed by atoms with Crippen LogP contribution in [-0.4, -0.2) is 59.1 Å². The van der Waals surface area contributed by atoms with E-state index < -0.39 is 0 Å². The van der Waals surface area contributed by atoms with Crippen LogP contribution in [0.4, 0.5) is 0 Å². The minimum Gasteiger partial charge on any atom is -0.496 e.